The Labute approximate surface area is 116 Å². The maximum Gasteiger partial charge on any atom is 0.341 e. The zero-order valence-electron chi connectivity index (χ0n) is 10.6. The van der Waals surface area contributed by atoms with Gasteiger partial charge in [0.15, 0.2) is 0 Å². The number of hydrogen-bond acceptors (Lipinski definition) is 6. The van der Waals surface area contributed by atoms with Crippen LogP contribution in [0.1, 0.15) is 23.7 Å². The average Bonchev–Trinajstić information content (AvgIpc) is 2.80. The Bertz CT molecular complexity index is 478. The average molecular weight is 281 g/mol. The highest BCUT2D eigenvalue weighted by molar-refractivity contribution is 7.80. The molecule has 7 heteroatoms. The van der Waals surface area contributed by atoms with Crippen LogP contribution in [-0.2, 0) is 9.53 Å². The summed E-state index contributed by atoms with van der Waals surface area (Å²) in [5.74, 6) is 0.729. The monoisotopic (exact) mass is 281 g/mol. The van der Waals surface area contributed by atoms with Crippen molar-refractivity contribution < 1.29 is 14.3 Å². The summed E-state index contributed by atoms with van der Waals surface area (Å²) in [4.78, 5) is 32.9. The number of ether oxygens (including phenoxy) is 1. The summed E-state index contributed by atoms with van der Waals surface area (Å²) in [7, 11) is 0. The van der Waals surface area contributed by atoms with Crippen LogP contribution in [0.5, 0.6) is 0 Å². The molecule has 6 nitrogen and oxygen atoms in total. The molecule has 102 valence electrons. The van der Waals surface area contributed by atoms with E-state index in [-0.39, 0.29) is 17.4 Å². The normalized spacial score (nSPS) is 18.7. The minimum absolute atomic E-state index is 0.0112. The summed E-state index contributed by atoms with van der Waals surface area (Å²) in [5, 5.41) is 0. The molecule has 1 aliphatic heterocycles. The Morgan fingerprint density at radius 1 is 1.53 bits per heavy atom. The van der Waals surface area contributed by atoms with Crippen molar-refractivity contribution in [2.24, 2.45) is 5.92 Å². The highest BCUT2D eigenvalue weighted by Gasteiger charge is 2.31. The van der Waals surface area contributed by atoms with E-state index >= 15 is 0 Å². The first-order valence-corrected chi connectivity index (χ1v) is 6.69. The number of anilines is 1. The molecule has 2 rings (SSSR count). The zero-order valence-corrected chi connectivity index (χ0v) is 11.5. The van der Waals surface area contributed by atoms with Crippen LogP contribution in [0.2, 0.25) is 0 Å². The van der Waals surface area contributed by atoms with E-state index in [2.05, 4.69) is 22.6 Å². The second kappa shape index (κ2) is 6.01. The van der Waals surface area contributed by atoms with Gasteiger partial charge in [0.25, 0.3) is 0 Å². The summed E-state index contributed by atoms with van der Waals surface area (Å²) < 4.78 is 4.84. The van der Waals surface area contributed by atoms with Crippen LogP contribution in [-0.4, -0.2) is 40.7 Å². The molecule has 0 aromatic carbocycles. The zero-order chi connectivity index (χ0) is 13.8. The Hall–Kier alpha value is -1.63. The number of carbonyl (C=O) groups excluding carboxylic acids is 2. The molecule has 1 saturated heterocycles. The molecule has 0 saturated carbocycles. The third-order valence-electron chi connectivity index (χ3n) is 2.85. The largest absolute Gasteiger partial charge is 0.462 e. The number of thiol groups is 1. The molecule has 0 aliphatic carbocycles. The molecule has 1 aromatic heterocycles. The van der Waals surface area contributed by atoms with E-state index in [0.717, 1.165) is 0 Å². The van der Waals surface area contributed by atoms with Crippen molar-refractivity contribution in [3.8, 4) is 0 Å². The first-order chi connectivity index (χ1) is 9.15. The number of nitrogens with zero attached hydrogens (tertiary/aromatic N) is 3. The van der Waals surface area contributed by atoms with E-state index in [4.69, 9.17) is 4.74 Å². The van der Waals surface area contributed by atoms with Gasteiger partial charge >= 0.3 is 5.97 Å². The number of hydrogen-bond donors (Lipinski definition) is 1. The van der Waals surface area contributed by atoms with Crippen LogP contribution in [0.3, 0.4) is 0 Å². The lowest BCUT2D eigenvalue weighted by Gasteiger charge is -2.13. The van der Waals surface area contributed by atoms with Gasteiger partial charge in [0.05, 0.1) is 12.2 Å². The summed E-state index contributed by atoms with van der Waals surface area (Å²) in [6.07, 6.45) is 3.22. The van der Waals surface area contributed by atoms with Crippen molar-refractivity contribution in [2.75, 3.05) is 23.8 Å². The Balaban J connectivity index is 2.10. The van der Waals surface area contributed by atoms with Gasteiger partial charge in [-0.25, -0.2) is 14.8 Å². The van der Waals surface area contributed by atoms with Gasteiger partial charge in [0.2, 0.25) is 11.9 Å². The van der Waals surface area contributed by atoms with Gasteiger partial charge in [0, 0.05) is 25.4 Å². The summed E-state index contributed by atoms with van der Waals surface area (Å²) >= 11 is 4.20. The van der Waals surface area contributed by atoms with Crippen LogP contribution in [0.15, 0.2) is 12.4 Å². The summed E-state index contributed by atoms with van der Waals surface area (Å²) in [5.41, 5.74) is 0.281. The van der Waals surface area contributed by atoms with Crippen molar-refractivity contribution >= 4 is 30.5 Å². The van der Waals surface area contributed by atoms with E-state index < -0.39 is 5.97 Å². The quantitative estimate of drug-likeness (QED) is 0.657. The second-order valence-corrected chi connectivity index (χ2v) is 4.61. The van der Waals surface area contributed by atoms with Gasteiger partial charge in [0.1, 0.15) is 0 Å². The molecule has 1 aromatic rings. The van der Waals surface area contributed by atoms with Gasteiger partial charge in [-0.3, -0.25) is 9.69 Å². The maximum absolute atomic E-state index is 11.8. The molecule has 0 spiro atoms. The SMILES string of the molecule is CCOC(=O)c1cnc(N2CC(CS)CC2=O)nc1. The number of carbonyl (C=O) groups is 2. The molecule has 1 atom stereocenters. The topological polar surface area (TPSA) is 72.4 Å². The first kappa shape index (κ1) is 13.8. The van der Waals surface area contributed by atoms with Crippen molar-refractivity contribution in [1.29, 1.82) is 0 Å². The molecule has 2 heterocycles. The van der Waals surface area contributed by atoms with Crippen molar-refractivity contribution in [3.63, 3.8) is 0 Å². The van der Waals surface area contributed by atoms with Crippen LogP contribution in [0, 0.1) is 5.92 Å². The van der Waals surface area contributed by atoms with Gasteiger partial charge in [-0.2, -0.15) is 12.6 Å². The molecular weight excluding hydrogens is 266 g/mol. The Kier molecular flexibility index (Phi) is 4.36. The molecule has 1 amide bonds. The van der Waals surface area contributed by atoms with E-state index in [1.54, 1.807) is 6.92 Å². The number of amides is 1. The lowest BCUT2D eigenvalue weighted by atomic mass is 10.1. The second-order valence-electron chi connectivity index (χ2n) is 4.25. The van der Waals surface area contributed by atoms with Crippen molar-refractivity contribution in [3.05, 3.63) is 18.0 Å². The fraction of sp³-hybridized carbons (Fsp3) is 0.500. The van der Waals surface area contributed by atoms with Gasteiger partial charge < -0.3 is 4.74 Å². The first-order valence-electron chi connectivity index (χ1n) is 6.06. The van der Waals surface area contributed by atoms with E-state index in [1.165, 1.54) is 17.3 Å². The van der Waals surface area contributed by atoms with E-state index in [0.29, 0.717) is 31.3 Å². The molecule has 1 aliphatic rings. The summed E-state index contributed by atoms with van der Waals surface area (Å²) in [6.45, 7) is 2.60. The number of esters is 1. The molecule has 19 heavy (non-hydrogen) atoms. The van der Waals surface area contributed by atoms with Crippen LogP contribution in [0.4, 0.5) is 5.95 Å². The van der Waals surface area contributed by atoms with Gasteiger partial charge in [-0.05, 0) is 18.6 Å². The van der Waals surface area contributed by atoms with Crippen molar-refractivity contribution in [1.82, 2.24) is 9.97 Å². The molecule has 0 bridgehead atoms. The number of aromatic nitrogens is 2. The van der Waals surface area contributed by atoms with E-state index in [1.807, 2.05) is 0 Å². The Morgan fingerprint density at radius 3 is 2.74 bits per heavy atom. The standard InChI is InChI=1S/C12H15N3O3S/c1-2-18-11(17)9-4-13-12(14-5-9)15-6-8(7-19)3-10(15)16/h4-5,8,19H,2-3,6-7H2,1H3. The predicted octanol–water partition coefficient (Wildman–Crippen LogP) is 0.936. The molecular formula is C12H15N3O3S. The third-order valence-corrected chi connectivity index (χ3v) is 3.37. The fourth-order valence-electron chi connectivity index (χ4n) is 1.88. The minimum Gasteiger partial charge on any atom is -0.462 e. The Morgan fingerprint density at radius 2 is 2.21 bits per heavy atom. The minimum atomic E-state index is -0.463. The van der Waals surface area contributed by atoms with Crippen LogP contribution in [0.25, 0.3) is 0 Å². The maximum atomic E-state index is 11.8. The predicted molar refractivity (Wildman–Crippen MR) is 72.3 cm³/mol. The number of rotatable bonds is 4. The smallest absolute Gasteiger partial charge is 0.341 e. The lowest BCUT2D eigenvalue weighted by Crippen LogP contribution is -2.27. The third kappa shape index (κ3) is 3.04. The summed E-state index contributed by atoms with van der Waals surface area (Å²) in [6, 6.07) is 0. The van der Waals surface area contributed by atoms with E-state index in [9.17, 15) is 9.59 Å². The lowest BCUT2D eigenvalue weighted by molar-refractivity contribution is -0.117. The van der Waals surface area contributed by atoms with Crippen LogP contribution < -0.4 is 4.90 Å². The molecule has 1 fully saturated rings. The fourth-order valence-corrected chi connectivity index (χ4v) is 2.12. The van der Waals surface area contributed by atoms with Gasteiger partial charge in [-0.15, -0.1) is 0 Å². The van der Waals surface area contributed by atoms with Crippen LogP contribution >= 0.6 is 12.6 Å². The molecule has 0 radical (unpaired) electrons. The highest BCUT2D eigenvalue weighted by Crippen LogP contribution is 2.22. The molecule has 1 unspecified atom stereocenters. The van der Waals surface area contributed by atoms with Gasteiger partial charge in [-0.1, -0.05) is 0 Å². The van der Waals surface area contributed by atoms with Crippen molar-refractivity contribution in [2.45, 2.75) is 13.3 Å². The molecule has 0 N–H and O–H groups in total. The highest BCUT2D eigenvalue weighted by atomic mass is 32.1.